The molecule has 0 radical (unpaired) electrons. The Kier molecular flexibility index (Phi) is 4.84. The van der Waals surface area contributed by atoms with Crippen LogP contribution in [0.5, 0.6) is 11.5 Å². The van der Waals surface area contributed by atoms with Crippen molar-refractivity contribution in [3.8, 4) is 22.6 Å². The molecule has 0 unspecified atom stereocenters. The van der Waals surface area contributed by atoms with E-state index in [4.69, 9.17) is 9.47 Å². The summed E-state index contributed by atoms with van der Waals surface area (Å²) in [4.78, 5) is 11.3. The van der Waals surface area contributed by atoms with E-state index >= 15 is 0 Å². The lowest BCUT2D eigenvalue weighted by Crippen LogP contribution is -2.24. The molecule has 1 N–H and O–H groups in total. The fourth-order valence-electron chi connectivity index (χ4n) is 2.61. The van der Waals surface area contributed by atoms with Crippen LogP contribution in [0.3, 0.4) is 0 Å². The highest BCUT2D eigenvalue weighted by Crippen LogP contribution is 2.33. The zero-order valence-electron chi connectivity index (χ0n) is 14.0. The molecule has 25 heavy (non-hydrogen) atoms. The number of carbonyl (C=O) groups excluding carboxylic acids is 1. The third-order valence-electron chi connectivity index (χ3n) is 3.94. The highest BCUT2D eigenvalue weighted by Gasteiger charge is 2.08. The van der Waals surface area contributed by atoms with E-state index in [2.05, 4.69) is 5.32 Å². The van der Waals surface area contributed by atoms with E-state index in [9.17, 15) is 9.18 Å². The number of hydrogen-bond acceptors (Lipinski definition) is 3. The Hall–Kier alpha value is -3.08. The molecule has 0 spiro atoms. The van der Waals surface area contributed by atoms with Gasteiger partial charge < -0.3 is 14.8 Å². The van der Waals surface area contributed by atoms with Crippen molar-refractivity contribution < 1.29 is 18.7 Å². The molecule has 3 aromatic carbocycles. The predicted octanol–water partition coefficient (Wildman–Crippen LogP) is 3.78. The normalized spacial score (nSPS) is 10.5. The smallest absolute Gasteiger partial charge is 0.257 e. The van der Waals surface area contributed by atoms with E-state index in [0.29, 0.717) is 11.5 Å². The van der Waals surface area contributed by atoms with Crippen LogP contribution < -0.4 is 14.8 Å². The zero-order valence-corrected chi connectivity index (χ0v) is 14.0. The monoisotopic (exact) mass is 339 g/mol. The highest BCUT2D eigenvalue weighted by molar-refractivity contribution is 5.89. The summed E-state index contributed by atoms with van der Waals surface area (Å²) in [5.41, 5.74) is 1.76. The molecule has 0 saturated heterocycles. The molecule has 0 saturated carbocycles. The molecule has 3 aromatic rings. The number of carbonyl (C=O) groups is 1. The molecule has 5 heteroatoms. The number of methoxy groups -OCH3 is 1. The molecule has 0 bridgehead atoms. The average Bonchev–Trinajstić information content (AvgIpc) is 2.65. The second-order valence-electron chi connectivity index (χ2n) is 5.53. The van der Waals surface area contributed by atoms with Crippen molar-refractivity contribution in [1.29, 1.82) is 0 Å². The minimum absolute atomic E-state index is 0.0210. The first-order valence-electron chi connectivity index (χ1n) is 7.82. The lowest BCUT2D eigenvalue weighted by atomic mass is 10.0. The molecule has 3 rings (SSSR count). The Morgan fingerprint density at radius 1 is 1.04 bits per heavy atom. The maximum Gasteiger partial charge on any atom is 0.257 e. The fraction of sp³-hybridized carbons (Fsp3) is 0.150. The SMILES string of the molecule is CNC(=O)COc1ccc2cc(-c3ccc(F)cc3OC)ccc2c1. The molecule has 0 fully saturated rings. The maximum atomic E-state index is 13.4. The number of ether oxygens (including phenoxy) is 2. The van der Waals surface area contributed by atoms with Crippen LogP contribution in [-0.4, -0.2) is 26.7 Å². The summed E-state index contributed by atoms with van der Waals surface area (Å²) in [6.45, 7) is -0.0210. The van der Waals surface area contributed by atoms with Crippen LogP contribution in [0.15, 0.2) is 54.6 Å². The summed E-state index contributed by atoms with van der Waals surface area (Å²) < 4.78 is 24.1. The predicted molar refractivity (Wildman–Crippen MR) is 95.5 cm³/mol. The second-order valence-corrected chi connectivity index (χ2v) is 5.53. The molecule has 0 aliphatic carbocycles. The summed E-state index contributed by atoms with van der Waals surface area (Å²) in [5.74, 6) is 0.603. The van der Waals surface area contributed by atoms with Crippen LogP contribution in [0.2, 0.25) is 0 Å². The van der Waals surface area contributed by atoms with E-state index in [0.717, 1.165) is 21.9 Å². The van der Waals surface area contributed by atoms with Crippen LogP contribution >= 0.6 is 0 Å². The standard InChI is InChI=1S/C20H18FNO3/c1-22-20(23)12-25-17-7-5-13-9-15(4-3-14(13)10-17)18-8-6-16(21)11-19(18)24-2/h3-11H,12H2,1-2H3,(H,22,23). The van der Waals surface area contributed by atoms with Crippen molar-refractivity contribution in [2.75, 3.05) is 20.8 Å². The van der Waals surface area contributed by atoms with Crippen LogP contribution in [0.1, 0.15) is 0 Å². The lowest BCUT2D eigenvalue weighted by molar-refractivity contribution is -0.122. The molecule has 1 amide bonds. The highest BCUT2D eigenvalue weighted by atomic mass is 19.1. The quantitative estimate of drug-likeness (QED) is 0.769. The van der Waals surface area contributed by atoms with Gasteiger partial charge in [-0.25, -0.2) is 4.39 Å². The molecular formula is C20H18FNO3. The van der Waals surface area contributed by atoms with E-state index < -0.39 is 0 Å². The van der Waals surface area contributed by atoms with Crippen LogP contribution in [0.25, 0.3) is 21.9 Å². The molecular weight excluding hydrogens is 321 g/mol. The molecule has 128 valence electrons. The zero-order chi connectivity index (χ0) is 17.8. The van der Waals surface area contributed by atoms with Crippen LogP contribution in [0.4, 0.5) is 4.39 Å². The van der Waals surface area contributed by atoms with Gasteiger partial charge >= 0.3 is 0 Å². The van der Waals surface area contributed by atoms with Crippen molar-refractivity contribution >= 4 is 16.7 Å². The lowest BCUT2D eigenvalue weighted by Gasteiger charge is -2.11. The molecule has 0 atom stereocenters. The third-order valence-corrected chi connectivity index (χ3v) is 3.94. The van der Waals surface area contributed by atoms with Gasteiger partial charge in [-0.3, -0.25) is 4.79 Å². The summed E-state index contributed by atoms with van der Waals surface area (Å²) >= 11 is 0. The molecule has 0 aliphatic rings. The van der Waals surface area contributed by atoms with Gasteiger partial charge in [-0.05, 0) is 46.7 Å². The van der Waals surface area contributed by atoms with Gasteiger partial charge in [-0.1, -0.05) is 18.2 Å². The molecule has 0 aromatic heterocycles. The molecule has 0 heterocycles. The molecule has 4 nitrogen and oxygen atoms in total. The summed E-state index contributed by atoms with van der Waals surface area (Å²) in [6, 6.07) is 16.0. The Bertz CT molecular complexity index is 924. The van der Waals surface area contributed by atoms with Gasteiger partial charge in [-0.15, -0.1) is 0 Å². The van der Waals surface area contributed by atoms with Gasteiger partial charge in [0.1, 0.15) is 17.3 Å². The number of fused-ring (bicyclic) bond motifs is 1. The Balaban J connectivity index is 1.92. The number of hydrogen-bond donors (Lipinski definition) is 1. The number of halogens is 1. The van der Waals surface area contributed by atoms with E-state index in [1.54, 1.807) is 13.1 Å². The minimum atomic E-state index is -0.334. The Morgan fingerprint density at radius 2 is 1.80 bits per heavy atom. The third kappa shape index (κ3) is 3.71. The van der Waals surface area contributed by atoms with Gasteiger partial charge in [0.05, 0.1) is 7.11 Å². The average molecular weight is 339 g/mol. The largest absolute Gasteiger partial charge is 0.496 e. The van der Waals surface area contributed by atoms with Crippen molar-refractivity contribution in [2.45, 2.75) is 0 Å². The number of amides is 1. The first kappa shape index (κ1) is 16.8. The first-order valence-corrected chi connectivity index (χ1v) is 7.82. The van der Waals surface area contributed by atoms with Gasteiger partial charge in [-0.2, -0.15) is 0 Å². The van der Waals surface area contributed by atoms with Gasteiger partial charge in [0, 0.05) is 18.7 Å². The molecule has 0 aliphatic heterocycles. The van der Waals surface area contributed by atoms with Gasteiger partial charge in [0.2, 0.25) is 0 Å². The topological polar surface area (TPSA) is 47.6 Å². The Labute approximate surface area is 145 Å². The van der Waals surface area contributed by atoms with Gasteiger partial charge in [0.15, 0.2) is 6.61 Å². The summed E-state index contributed by atoms with van der Waals surface area (Å²) in [6.07, 6.45) is 0. The first-order chi connectivity index (χ1) is 12.1. The van der Waals surface area contributed by atoms with Crippen molar-refractivity contribution in [1.82, 2.24) is 5.32 Å². The minimum Gasteiger partial charge on any atom is -0.496 e. The maximum absolute atomic E-state index is 13.4. The van der Waals surface area contributed by atoms with Crippen molar-refractivity contribution in [3.63, 3.8) is 0 Å². The summed E-state index contributed by atoms with van der Waals surface area (Å²) in [5, 5.41) is 4.51. The van der Waals surface area contributed by atoms with Crippen LogP contribution in [0, 0.1) is 5.82 Å². The number of benzene rings is 3. The number of rotatable bonds is 5. The van der Waals surface area contributed by atoms with Crippen molar-refractivity contribution in [3.05, 3.63) is 60.4 Å². The second kappa shape index (κ2) is 7.21. The summed E-state index contributed by atoms with van der Waals surface area (Å²) in [7, 11) is 3.09. The van der Waals surface area contributed by atoms with Crippen LogP contribution in [-0.2, 0) is 4.79 Å². The number of likely N-dealkylation sites (N-methyl/N-ethyl adjacent to an activating group) is 1. The Morgan fingerprint density at radius 3 is 2.56 bits per heavy atom. The number of nitrogens with one attached hydrogen (secondary N) is 1. The van der Waals surface area contributed by atoms with E-state index in [1.165, 1.54) is 19.2 Å². The van der Waals surface area contributed by atoms with E-state index in [-0.39, 0.29) is 18.3 Å². The van der Waals surface area contributed by atoms with E-state index in [1.807, 2.05) is 36.4 Å². The van der Waals surface area contributed by atoms with Crippen molar-refractivity contribution in [2.24, 2.45) is 0 Å². The fourth-order valence-corrected chi connectivity index (χ4v) is 2.61. The van der Waals surface area contributed by atoms with Gasteiger partial charge in [0.25, 0.3) is 5.91 Å².